The minimum Gasteiger partial charge on any atom is -0.347 e. The summed E-state index contributed by atoms with van der Waals surface area (Å²) in [6.07, 6.45) is 1.23. The van der Waals surface area contributed by atoms with Crippen LogP contribution in [0.4, 0.5) is 5.95 Å². The molecule has 0 aromatic carbocycles. The smallest absolute Gasteiger partial charge is 0.228 e. The number of nitrogens with zero attached hydrogens (tertiary/aromatic N) is 5. The van der Waals surface area contributed by atoms with Gasteiger partial charge in [0.05, 0.1) is 6.54 Å². The zero-order chi connectivity index (χ0) is 10.7. The van der Waals surface area contributed by atoms with E-state index in [1.165, 1.54) is 6.39 Å². The maximum absolute atomic E-state index is 5.57. The van der Waals surface area contributed by atoms with Crippen molar-refractivity contribution in [2.24, 2.45) is 0 Å². The van der Waals surface area contributed by atoms with Crippen LogP contribution in [-0.2, 0) is 6.54 Å². The lowest BCUT2D eigenvalue weighted by molar-refractivity contribution is 0.411. The SMILES string of the molecule is Clc1nc(Cl)nc(NCc2ncon2)n1. The van der Waals surface area contributed by atoms with Gasteiger partial charge in [0.2, 0.25) is 22.9 Å². The molecule has 9 heteroatoms. The molecule has 0 radical (unpaired) electrons. The van der Waals surface area contributed by atoms with Gasteiger partial charge in [0.25, 0.3) is 0 Å². The molecule has 0 saturated carbocycles. The molecular weight excluding hydrogens is 243 g/mol. The van der Waals surface area contributed by atoms with Crippen molar-refractivity contribution in [3.05, 3.63) is 22.8 Å². The van der Waals surface area contributed by atoms with Crippen LogP contribution in [0.1, 0.15) is 5.82 Å². The normalized spacial score (nSPS) is 10.3. The van der Waals surface area contributed by atoms with Crippen molar-refractivity contribution < 1.29 is 4.52 Å². The van der Waals surface area contributed by atoms with E-state index in [4.69, 9.17) is 23.2 Å². The fourth-order valence-corrected chi connectivity index (χ4v) is 1.20. The highest BCUT2D eigenvalue weighted by molar-refractivity contribution is 6.31. The van der Waals surface area contributed by atoms with Crippen LogP contribution in [-0.4, -0.2) is 25.1 Å². The molecule has 2 aromatic heterocycles. The van der Waals surface area contributed by atoms with Crippen molar-refractivity contribution in [2.75, 3.05) is 5.32 Å². The highest BCUT2D eigenvalue weighted by atomic mass is 35.5. The first-order valence-corrected chi connectivity index (χ1v) is 4.56. The van der Waals surface area contributed by atoms with Gasteiger partial charge in [0.15, 0.2) is 5.82 Å². The lowest BCUT2D eigenvalue weighted by atomic mass is 10.6. The van der Waals surface area contributed by atoms with Crippen LogP contribution >= 0.6 is 23.2 Å². The van der Waals surface area contributed by atoms with Gasteiger partial charge in [-0.3, -0.25) is 0 Å². The fourth-order valence-electron chi connectivity index (χ4n) is 0.833. The summed E-state index contributed by atoms with van der Waals surface area (Å²) in [6, 6.07) is 0. The number of nitrogens with one attached hydrogen (secondary N) is 1. The van der Waals surface area contributed by atoms with Gasteiger partial charge in [-0.2, -0.15) is 19.9 Å². The third-order valence-electron chi connectivity index (χ3n) is 1.39. The Morgan fingerprint density at radius 2 is 1.93 bits per heavy atom. The first-order valence-electron chi connectivity index (χ1n) is 3.80. The number of halogens is 2. The number of aromatic nitrogens is 5. The van der Waals surface area contributed by atoms with Gasteiger partial charge < -0.3 is 9.84 Å². The zero-order valence-electron chi connectivity index (χ0n) is 7.18. The molecule has 2 aromatic rings. The second-order valence-electron chi connectivity index (χ2n) is 2.40. The fraction of sp³-hybridized carbons (Fsp3) is 0.167. The summed E-state index contributed by atoms with van der Waals surface area (Å²) in [5.74, 6) is 0.729. The maximum Gasteiger partial charge on any atom is 0.228 e. The first-order chi connectivity index (χ1) is 7.24. The molecule has 0 aliphatic rings. The third kappa shape index (κ3) is 2.74. The van der Waals surface area contributed by atoms with Crippen LogP contribution in [0.3, 0.4) is 0 Å². The lowest BCUT2D eigenvalue weighted by Crippen LogP contribution is -2.05. The Morgan fingerprint density at radius 3 is 2.53 bits per heavy atom. The van der Waals surface area contributed by atoms with Gasteiger partial charge in [-0.25, -0.2) is 0 Å². The van der Waals surface area contributed by atoms with Crippen molar-refractivity contribution in [2.45, 2.75) is 6.54 Å². The molecule has 0 atom stereocenters. The zero-order valence-corrected chi connectivity index (χ0v) is 8.70. The predicted molar refractivity (Wildman–Crippen MR) is 51.5 cm³/mol. The van der Waals surface area contributed by atoms with E-state index in [0.29, 0.717) is 12.4 Å². The maximum atomic E-state index is 5.57. The monoisotopic (exact) mass is 246 g/mol. The molecule has 0 amide bonds. The predicted octanol–water partition coefficient (Wildman–Crippen LogP) is 1.17. The molecule has 7 nitrogen and oxygen atoms in total. The summed E-state index contributed by atoms with van der Waals surface area (Å²) in [4.78, 5) is 15.0. The van der Waals surface area contributed by atoms with Crippen molar-refractivity contribution in [3.63, 3.8) is 0 Å². The summed E-state index contributed by atoms with van der Waals surface area (Å²) in [5.41, 5.74) is 0. The van der Waals surface area contributed by atoms with Crippen molar-refractivity contribution in [1.29, 1.82) is 0 Å². The van der Waals surface area contributed by atoms with Crippen LogP contribution in [0.15, 0.2) is 10.9 Å². The topological polar surface area (TPSA) is 89.6 Å². The van der Waals surface area contributed by atoms with Gasteiger partial charge in [0.1, 0.15) is 0 Å². The molecule has 0 aliphatic heterocycles. The molecule has 0 saturated heterocycles. The van der Waals surface area contributed by atoms with E-state index < -0.39 is 0 Å². The summed E-state index contributed by atoms with van der Waals surface area (Å²) in [7, 11) is 0. The number of hydrogen-bond acceptors (Lipinski definition) is 7. The highest BCUT2D eigenvalue weighted by Gasteiger charge is 2.04. The number of rotatable bonds is 3. The molecular formula is C6H4Cl2N6O. The van der Waals surface area contributed by atoms with Gasteiger partial charge in [-0.15, -0.1) is 0 Å². The van der Waals surface area contributed by atoms with Gasteiger partial charge in [-0.1, -0.05) is 5.16 Å². The molecule has 78 valence electrons. The molecule has 0 unspecified atom stereocenters. The summed E-state index contributed by atoms with van der Waals surface area (Å²) < 4.78 is 4.54. The summed E-state index contributed by atoms with van der Waals surface area (Å²) >= 11 is 11.1. The molecule has 0 aliphatic carbocycles. The van der Waals surface area contributed by atoms with Crippen LogP contribution in [0.5, 0.6) is 0 Å². The van der Waals surface area contributed by atoms with Crippen molar-refractivity contribution in [1.82, 2.24) is 25.1 Å². The van der Waals surface area contributed by atoms with Gasteiger partial charge in [0, 0.05) is 0 Å². The van der Waals surface area contributed by atoms with Crippen LogP contribution < -0.4 is 5.32 Å². The molecule has 0 bridgehead atoms. The average molecular weight is 247 g/mol. The first kappa shape index (κ1) is 10.1. The van der Waals surface area contributed by atoms with Crippen LogP contribution in [0, 0.1) is 0 Å². The lowest BCUT2D eigenvalue weighted by Gasteiger charge is -2.01. The van der Waals surface area contributed by atoms with E-state index >= 15 is 0 Å². The van der Waals surface area contributed by atoms with E-state index in [1.807, 2.05) is 0 Å². The van der Waals surface area contributed by atoms with Crippen molar-refractivity contribution >= 4 is 29.2 Å². The van der Waals surface area contributed by atoms with Crippen LogP contribution in [0.25, 0.3) is 0 Å². The molecule has 2 heterocycles. The highest BCUT2D eigenvalue weighted by Crippen LogP contribution is 2.09. The summed E-state index contributed by atoms with van der Waals surface area (Å²) in [5, 5.41) is 6.44. The Bertz CT molecular complexity index is 427. The molecule has 0 spiro atoms. The summed E-state index contributed by atoms with van der Waals surface area (Å²) in [6.45, 7) is 0.313. The van der Waals surface area contributed by atoms with Gasteiger partial charge in [-0.05, 0) is 23.2 Å². The minimum absolute atomic E-state index is 0.0191. The van der Waals surface area contributed by atoms with Crippen molar-refractivity contribution in [3.8, 4) is 0 Å². The molecule has 2 rings (SSSR count). The number of anilines is 1. The number of hydrogen-bond donors (Lipinski definition) is 1. The van der Waals surface area contributed by atoms with E-state index in [0.717, 1.165) is 0 Å². The Balaban J connectivity index is 2.05. The van der Waals surface area contributed by atoms with E-state index in [1.54, 1.807) is 0 Å². The van der Waals surface area contributed by atoms with Crippen LogP contribution in [0.2, 0.25) is 10.6 Å². The average Bonchev–Trinajstić information content (AvgIpc) is 2.65. The Hall–Kier alpha value is -1.47. The quantitative estimate of drug-likeness (QED) is 0.870. The largest absolute Gasteiger partial charge is 0.347 e. The second kappa shape index (κ2) is 4.37. The third-order valence-corrected chi connectivity index (χ3v) is 1.73. The van der Waals surface area contributed by atoms with E-state index in [2.05, 4.69) is 34.9 Å². The Labute approximate surface area is 93.9 Å². The Morgan fingerprint density at radius 1 is 1.20 bits per heavy atom. The minimum atomic E-state index is 0.0191. The molecule has 0 fully saturated rings. The molecule has 1 N–H and O–H groups in total. The standard InChI is InChI=1S/C6H4Cl2N6O/c7-4-11-5(8)13-6(12-4)9-1-3-10-2-15-14-3/h2H,1H2,(H,9,11,12,13). The Kier molecular flexibility index (Phi) is 2.93. The second-order valence-corrected chi connectivity index (χ2v) is 3.07. The van der Waals surface area contributed by atoms with Gasteiger partial charge >= 0.3 is 0 Å². The van der Waals surface area contributed by atoms with E-state index in [9.17, 15) is 0 Å². The molecule has 15 heavy (non-hydrogen) atoms. The van der Waals surface area contributed by atoms with E-state index in [-0.39, 0.29) is 16.5 Å².